The first-order valence-corrected chi connectivity index (χ1v) is 5.46. The number of fused-ring (bicyclic) bond motifs is 1. The lowest BCUT2D eigenvalue weighted by Crippen LogP contribution is -2.33. The van der Waals surface area contributed by atoms with Crippen LogP contribution in [0.4, 0.5) is 0 Å². The van der Waals surface area contributed by atoms with Crippen LogP contribution in [0.2, 0.25) is 0 Å². The number of carbonyl (C=O) groups excluding carboxylic acids is 2. The highest BCUT2D eigenvalue weighted by Gasteiger charge is 2.46. The standard InChI is InChI=1S/C11H16N2O2/c12-6-3-7-13-10(14)8-4-1-2-5-9(8)11(13)15/h1-2,8-9H,3-7,12H2/t8-,9+. The number of allylic oxidation sites excluding steroid dienone is 2. The lowest BCUT2D eigenvalue weighted by molar-refractivity contribution is -0.139. The minimum atomic E-state index is -0.0970. The van der Waals surface area contributed by atoms with Crippen LogP contribution in [0.5, 0.6) is 0 Å². The molecule has 0 radical (unpaired) electrons. The van der Waals surface area contributed by atoms with E-state index in [0.29, 0.717) is 32.4 Å². The Morgan fingerprint density at radius 1 is 1.20 bits per heavy atom. The molecule has 2 atom stereocenters. The van der Waals surface area contributed by atoms with Gasteiger partial charge in [0.1, 0.15) is 0 Å². The van der Waals surface area contributed by atoms with Crippen molar-refractivity contribution in [2.24, 2.45) is 17.6 Å². The molecule has 15 heavy (non-hydrogen) atoms. The maximum atomic E-state index is 11.9. The number of rotatable bonds is 3. The van der Waals surface area contributed by atoms with Gasteiger partial charge in [-0.15, -0.1) is 0 Å². The molecule has 1 aliphatic carbocycles. The maximum Gasteiger partial charge on any atom is 0.233 e. The molecule has 0 bridgehead atoms. The topological polar surface area (TPSA) is 63.4 Å². The van der Waals surface area contributed by atoms with Crippen molar-refractivity contribution in [1.29, 1.82) is 0 Å². The van der Waals surface area contributed by atoms with Crippen molar-refractivity contribution < 1.29 is 9.59 Å². The Hall–Kier alpha value is -1.16. The minimum absolute atomic E-state index is 0.00259. The Morgan fingerprint density at radius 2 is 1.73 bits per heavy atom. The summed E-state index contributed by atoms with van der Waals surface area (Å²) in [4.78, 5) is 25.2. The van der Waals surface area contributed by atoms with Gasteiger partial charge in [0.25, 0.3) is 0 Å². The second kappa shape index (κ2) is 4.14. The van der Waals surface area contributed by atoms with Crippen molar-refractivity contribution >= 4 is 11.8 Å². The molecule has 0 aromatic heterocycles. The molecule has 1 saturated heterocycles. The summed E-state index contributed by atoms with van der Waals surface area (Å²) in [6.45, 7) is 1.01. The zero-order valence-electron chi connectivity index (χ0n) is 8.69. The van der Waals surface area contributed by atoms with Crippen molar-refractivity contribution in [3.05, 3.63) is 12.2 Å². The number of nitrogens with two attached hydrogens (primary N) is 1. The van der Waals surface area contributed by atoms with Gasteiger partial charge in [0.15, 0.2) is 0 Å². The zero-order valence-corrected chi connectivity index (χ0v) is 8.69. The molecule has 0 saturated carbocycles. The largest absolute Gasteiger partial charge is 0.330 e. The van der Waals surface area contributed by atoms with Gasteiger partial charge < -0.3 is 5.73 Å². The molecular formula is C11H16N2O2. The first kappa shape index (κ1) is 10.4. The highest BCUT2D eigenvalue weighted by Crippen LogP contribution is 2.34. The lowest BCUT2D eigenvalue weighted by atomic mass is 9.85. The van der Waals surface area contributed by atoms with Gasteiger partial charge in [-0.3, -0.25) is 14.5 Å². The summed E-state index contributed by atoms with van der Waals surface area (Å²) in [6.07, 6.45) is 6.13. The molecular weight excluding hydrogens is 192 g/mol. The molecule has 0 aromatic rings. The molecule has 4 heteroatoms. The van der Waals surface area contributed by atoms with Crippen LogP contribution in [-0.4, -0.2) is 29.8 Å². The van der Waals surface area contributed by atoms with Crippen molar-refractivity contribution in [3.63, 3.8) is 0 Å². The van der Waals surface area contributed by atoms with Crippen LogP contribution in [0.1, 0.15) is 19.3 Å². The van der Waals surface area contributed by atoms with Crippen LogP contribution in [0.25, 0.3) is 0 Å². The summed E-state index contributed by atoms with van der Waals surface area (Å²) < 4.78 is 0. The molecule has 2 aliphatic rings. The number of amides is 2. The number of carbonyl (C=O) groups is 2. The molecule has 1 heterocycles. The van der Waals surface area contributed by atoms with Gasteiger partial charge in [-0.1, -0.05) is 12.2 Å². The summed E-state index contributed by atoms with van der Waals surface area (Å²) in [5, 5.41) is 0. The van der Waals surface area contributed by atoms with Crippen molar-refractivity contribution in [2.45, 2.75) is 19.3 Å². The van der Waals surface area contributed by atoms with Crippen LogP contribution in [0.3, 0.4) is 0 Å². The number of likely N-dealkylation sites (tertiary alicyclic amines) is 1. The van der Waals surface area contributed by atoms with E-state index in [1.54, 1.807) is 0 Å². The number of nitrogens with zero attached hydrogens (tertiary/aromatic N) is 1. The van der Waals surface area contributed by atoms with Crippen molar-refractivity contribution in [3.8, 4) is 0 Å². The SMILES string of the molecule is NCCCN1C(=O)[C@H]2CC=CC[C@H]2C1=O. The Bertz CT molecular complexity index is 286. The average molecular weight is 208 g/mol. The van der Waals surface area contributed by atoms with E-state index in [4.69, 9.17) is 5.73 Å². The van der Waals surface area contributed by atoms with E-state index in [1.807, 2.05) is 12.2 Å². The summed E-state index contributed by atoms with van der Waals surface area (Å²) in [5.41, 5.74) is 5.38. The summed E-state index contributed by atoms with van der Waals surface area (Å²) >= 11 is 0. The van der Waals surface area contributed by atoms with E-state index < -0.39 is 0 Å². The third-order valence-corrected chi connectivity index (χ3v) is 3.18. The summed E-state index contributed by atoms with van der Waals surface area (Å²) in [7, 11) is 0. The normalized spacial score (nSPS) is 29.8. The average Bonchev–Trinajstić information content (AvgIpc) is 2.51. The van der Waals surface area contributed by atoms with Crippen LogP contribution in [0, 0.1) is 11.8 Å². The van der Waals surface area contributed by atoms with Crippen LogP contribution < -0.4 is 5.73 Å². The molecule has 82 valence electrons. The first-order chi connectivity index (χ1) is 7.25. The number of hydrogen-bond acceptors (Lipinski definition) is 3. The predicted octanol–water partition coefficient (Wildman–Crippen LogP) is 0.286. The molecule has 1 aliphatic heterocycles. The third-order valence-electron chi connectivity index (χ3n) is 3.18. The second-order valence-corrected chi connectivity index (χ2v) is 4.13. The molecule has 0 spiro atoms. The van der Waals surface area contributed by atoms with E-state index >= 15 is 0 Å². The highest BCUT2D eigenvalue weighted by molar-refractivity contribution is 6.05. The van der Waals surface area contributed by atoms with E-state index in [0.717, 1.165) is 0 Å². The molecule has 4 nitrogen and oxygen atoms in total. The Morgan fingerprint density at radius 3 is 2.20 bits per heavy atom. The highest BCUT2D eigenvalue weighted by atomic mass is 16.2. The third kappa shape index (κ3) is 1.69. The van der Waals surface area contributed by atoms with Crippen molar-refractivity contribution in [2.75, 3.05) is 13.1 Å². The van der Waals surface area contributed by atoms with Gasteiger partial charge in [0.2, 0.25) is 11.8 Å². The van der Waals surface area contributed by atoms with Gasteiger partial charge >= 0.3 is 0 Å². The monoisotopic (exact) mass is 208 g/mol. The lowest BCUT2D eigenvalue weighted by Gasteiger charge is -2.14. The van der Waals surface area contributed by atoms with E-state index in [2.05, 4.69) is 0 Å². The zero-order chi connectivity index (χ0) is 10.8. The first-order valence-electron chi connectivity index (χ1n) is 5.46. The van der Waals surface area contributed by atoms with Gasteiger partial charge in [0, 0.05) is 6.54 Å². The Labute approximate surface area is 89.1 Å². The fourth-order valence-electron chi connectivity index (χ4n) is 2.34. The molecule has 2 rings (SSSR count). The van der Waals surface area contributed by atoms with Crippen molar-refractivity contribution in [1.82, 2.24) is 4.90 Å². The van der Waals surface area contributed by atoms with E-state index in [9.17, 15) is 9.59 Å². The second-order valence-electron chi connectivity index (χ2n) is 4.13. The van der Waals surface area contributed by atoms with Gasteiger partial charge in [-0.25, -0.2) is 0 Å². The minimum Gasteiger partial charge on any atom is -0.330 e. The van der Waals surface area contributed by atoms with Gasteiger partial charge in [-0.05, 0) is 25.8 Å². The van der Waals surface area contributed by atoms with Gasteiger partial charge in [0.05, 0.1) is 11.8 Å². The van der Waals surface area contributed by atoms with E-state index in [1.165, 1.54) is 4.90 Å². The predicted molar refractivity (Wildman–Crippen MR) is 55.7 cm³/mol. The Balaban J connectivity index is 2.10. The van der Waals surface area contributed by atoms with Crippen LogP contribution >= 0.6 is 0 Å². The molecule has 0 unspecified atom stereocenters. The quantitative estimate of drug-likeness (QED) is 0.535. The maximum absolute atomic E-state index is 11.9. The molecule has 0 aromatic carbocycles. The van der Waals surface area contributed by atoms with Crippen LogP contribution in [-0.2, 0) is 9.59 Å². The number of imide groups is 1. The Kier molecular flexibility index (Phi) is 2.86. The number of hydrogen-bond donors (Lipinski definition) is 1. The molecule has 2 N–H and O–H groups in total. The molecule has 2 amide bonds. The smallest absolute Gasteiger partial charge is 0.233 e. The van der Waals surface area contributed by atoms with Crippen LogP contribution in [0.15, 0.2) is 12.2 Å². The fraction of sp³-hybridized carbons (Fsp3) is 0.636. The molecule has 1 fully saturated rings. The fourth-order valence-corrected chi connectivity index (χ4v) is 2.34. The summed E-state index contributed by atoms with van der Waals surface area (Å²) in [5.74, 6) is -0.189. The van der Waals surface area contributed by atoms with Gasteiger partial charge in [-0.2, -0.15) is 0 Å². The van der Waals surface area contributed by atoms with E-state index in [-0.39, 0.29) is 23.7 Å². The summed E-state index contributed by atoms with van der Waals surface area (Å²) in [6, 6.07) is 0.